The third kappa shape index (κ3) is 5.71. The third-order valence-electron chi connectivity index (χ3n) is 4.21. The van der Waals surface area contributed by atoms with Gasteiger partial charge >= 0.3 is 0 Å². The lowest BCUT2D eigenvalue weighted by atomic mass is 9.99. The molecule has 2 heteroatoms. The van der Waals surface area contributed by atoms with Crippen molar-refractivity contribution < 1.29 is 0 Å². The van der Waals surface area contributed by atoms with Crippen LogP contribution in [0.1, 0.15) is 65.7 Å². The zero-order chi connectivity index (χ0) is 13.2. The summed E-state index contributed by atoms with van der Waals surface area (Å²) >= 11 is 0. The van der Waals surface area contributed by atoms with E-state index in [0.29, 0.717) is 0 Å². The lowest BCUT2D eigenvalue weighted by Gasteiger charge is -2.26. The highest BCUT2D eigenvalue weighted by atomic mass is 15.1. The van der Waals surface area contributed by atoms with Crippen molar-refractivity contribution in [2.75, 3.05) is 26.2 Å². The number of hydrogen-bond donors (Lipinski definition) is 1. The SMILES string of the molecule is CCCNC1CCCC1CCN(CCC)CCC. The molecule has 1 aliphatic rings. The summed E-state index contributed by atoms with van der Waals surface area (Å²) in [7, 11) is 0. The van der Waals surface area contributed by atoms with Crippen LogP contribution in [0.4, 0.5) is 0 Å². The topological polar surface area (TPSA) is 15.3 Å². The van der Waals surface area contributed by atoms with E-state index in [4.69, 9.17) is 0 Å². The maximum atomic E-state index is 3.75. The fourth-order valence-electron chi connectivity index (χ4n) is 3.30. The summed E-state index contributed by atoms with van der Waals surface area (Å²) in [6.45, 7) is 11.9. The van der Waals surface area contributed by atoms with Crippen molar-refractivity contribution in [2.24, 2.45) is 5.92 Å². The van der Waals surface area contributed by atoms with Gasteiger partial charge in [-0.1, -0.05) is 27.2 Å². The molecule has 2 atom stereocenters. The molecule has 1 rings (SSSR count). The Morgan fingerprint density at radius 2 is 1.67 bits per heavy atom. The van der Waals surface area contributed by atoms with Crippen LogP contribution in [0.25, 0.3) is 0 Å². The fourth-order valence-corrected chi connectivity index (χ4v) is 3.30. The molecule has 0 heterocycles. The highest BCUT2D eigenvalue weighted by Crippen LogP contribution is 2.28. The smallest absolute Gasteiger partial charge is 0.00958 e. The van der Waals surface area contributed by atoms with Gasteiger partial charge in [-0.05, 0) is 70.6 Å². The summed E-state index contributed by atoms with van der Waals surface area (Å²) in [5.74, 6) is 0.938. The lowest BCUT2D eigenvalue weighted by molar-refractivity contribution is 0.241. The summed E-state index contributed by atoms with van der Waals surface area (Å²) in [4.78, 5) is 2.66. The van der Waals surface area contributed by atoms with E-state index in [1.807, 2.05) is 0 Å². The predicted molar refractivity (Wildman–Crippen MR) is 81.1 cm³/mol. The Bertz CT molecular complexity index is 188. The van der Waals surface area contributed by atoms with E-state index < -0.39 is 0 Å². The number of nitrogens with one attached hydrogen (secondary N) is 1. The minimum atomic E-state index is 0.815. The zero-order valence-electron chi connectivity index (χ0n) is 12.9. The number of nitrogens with zero attached hydrogens (tertiary/aromatic N) is 1. The van der Waals surface area contributed by atoms with Crippen molar-refractivity contribution in [1.29, 1.82) is 0 Å². The van der Waals surface area contributed by atoms with E-state index in [0.717, 1.165) is 12.0 Å². The third-order valence-corrected chi connectivity index (χ3v) is 4.21. The molecule has 2 unspecified atom stereocenters. The minimum absolute atomic E-state index is 0.815. The van der Waals surface area contributed by atoms with Crippen LogP contribution in [-0.4, -0.2) is 37.1 Å². The van der Waals surface area contributed by atoms with Crippen LogP contribution in [0.15, 0.2) is 0 Å². The van der Waals surface area contributed by atoms with Crippen LogP contribution in [0, 0.1) is 5.92 Å². The summed E-state index contributed by atoms with van der Waals surface area (Å²) < 4.78 is 0. The lowest BCUT2D eigenvalue weighted by Crippen LogP contribution is -2.35. The Hall–Kier alpha value is -0.0800. The average Bonchev–Trinajstić information content (AvgIpc) is 2.81. The first-order valence-corrected chi connectivity index (χ1v) is 8.27. The van der Waals surface area contributed by atoms with Gasteiger partial charge in [-0.25, -0.2) is 0 Å². The molecule has 0 aliphatic heterocycles. The van der Waals surface area contributed by atoms with Crippen molar-refractivity contribution in [1.82, 2.24) is 10.2 Å². The van der Waals surface area contributed by atoms with Gasteiger partial charge in [0.2, 0.25) is 0 Å². The van der Waals surface area contributed by atoms with E-state index in [1.165, 1.54) is 71.1 Å². The molecule has 108 valence electrons. The molecule has 2 nitrogen and oxygen atoms in total. The molecule has 0 bridgehead atoms. The summed E-state index contributed by atoms with van der Waals surface area (Å²) in [5, 5.41) is 3.75. The normalized spacial score (nSPS) is 24.0. The van der Waals surface area contributed by atoms with Gasteiger partial charge < -0.3 is 10.2 Å². The van der Waals surface area contributed by atoms with Crippen molar-refractivity contribution >= 4 is 0 Å². The Morgan fingerprint density at radius 1 is 0.944 bits per heavy atom. The van der Waals surface area contributed by atoms with Crippen LogP contribution in [0.2, 0.25) is 0 Å². The van der Waals surface area contributed by atoms with E-state index in [9.17, 15) is 0 Å². The van der Waals surface area contributed by atoms with Gasteiger partial charge in [0, 0.05) is 6.04 Å². The van der Waals surface area contributed by atoms with Crippen LogP contribution in [-0.2, 0) is 0 Å². The van der Waals surface area contributed by atoms with Crippen molar-refractivity contribution in [3.8, 4) is 0 Å². The quantitative estimate of drug-likeness (QED) is 0.640. The van der Waals surface area contributed by atoms with Crippen molar-refractivity contribution in [2.45, 2.75) is 71.8 Å². The van der Waals surface area contributed by atoms with Gasteiger partial charge in [-0.15, -0.1) is 0 Å². The van der Waals surface area contributed by atoms with Crippen molar-refractivity contribution in [3.05, 3.63) is 0 Å². The standard InChI is InChI=1S/C16H34N2/c1-4-11-17-16-9-7-8-15(16)10-14-18(12-5-2)13-6-3/h15-17H,4-14H2,1-3H3. The Kier molecular flexibility index (Phi) is 8.70. The molecule has 1 aliphatic carbocycles. The van der Waals surface area contributed by atoms with E-state index >= 15 is 0 Å². The van der Waals surface area contributed by atoms with Crippen LogP contribution < -0.4 is 5.32 Å². The van der Waals surface area contributed by atoms with Gasteiger partial charge in [0.25, 0.3) is 0 Å². The summed E-state index contributed by atoms with van der Waals surface area (Å²) in [6.07, 6.45) is 9.56. The molecule has 0 spiro atoms. The van der Waals surface area contributed by atoms with Crippen molar-refractivity contribution in [3.63, 3.8) is 0 Å². The Balaban J connectivity index is 2.26. The Labute approximate surface area is 115 Å². The molecule has 1 N–H and O–H groups in total. The van der Waals surface area contributed by atoms with E-state index in [1.54, 1.807) is 0 Å². The van der Waals surface area contributed by atoms with Gasteiger partial charge in [0.1, 0.15) is 0 Å². The molecule has 0 aromatic rings. The van der Waals surface area contributed by atoms with Gasteiger partial charge in [0.15, 0.2) is 0 Å². The maximum absolute atomic E-state index is 3.75. The molecular weight excluding hydrogens is 220 g/mol. The van der Waals surface area contributed by atoms with E-state index in [-0.39, 0.29) is 0 Å². The molecule has 0 saturated heterocycles. The molecule has 0 amide bonds. The fraction of sp³-hybridized carbons (Fsp3) is 1.00. The number of rotatable bonds is 10. The Morgan fingerprint density at radius 3 is 2.28 bits per heavy atom. The molecular formula is C16H34N2. The second-order valence-corrected chi connectivity index (χ2v) is 5.88. The molecule has 18 heavy (non-hydrogen) atoms. The first-order valence-electron chi connectivity index (χ1n) is 8.27. The zero-order valence-corrected chi connectivity index (χ0v) is 12.9. The molecule has 1 fully saturated rings. The minimum Gasteiger partial charge on any atom is -0.314 e. The largest absolute Gasteiger partial charge is 0.314 e. The first kappa shape index (κ1) is 16.0. The molecule has 0 aromatic heterocycles. The average molecular weight is 254 g/mol. The van der Waals surface area contributed by atoms with Crippen LogP contribution in [0.3, 0.4) is 0 Å². The van der Waals surface area contributed by atoms with Gasteiger partial charge in [-0.2, -0.15) is 0 Å². The predicted octanol–water partition coefficient (Wildman–Crippen LogP) is 3.67. The summed E-state index contributed by atoms with van der Waals surface area (Å²) in [6, 6.07) is 0.815. The molecule has 0 radical (unpaired) electrons. The van der Waals surface area contributed by atoms with Gasteiger partial charge in [-0.3, -0.25) is 0 Å². The monoisotopic (exact) mass is 254 g/mol. The van der Waals surface area contributed by atoms with Gasteiger partial charge in [0.05, 0.1) is 0 Å². The van der Waals surface area contributed by atoms with E-state index in [2.05, 4.69) is 31.0 Å². The first-order chi connectivity index (χ1) is 8.81. The second kappa shape index (κ2) is 9.80. The maximum Gasteiger partial charge on any atom is 0.00958 e. The number of hydrogen-bond acceptors (Lipinski definition) is 2. The van der Waals surface area contributed by atoms with Crippen LogP contribution in [0.5, 0.6) is 0 Å². The highest BCUT2D eigenvalue weighted by molar-refractivity contribution is 4.83. The second-order valence-electron chi connectivity index (χ2n) is 5.88. The molecule has 0 aromatic carbocycles. The molecule has 1 saturated carbocycles. The highest BCUT2D eigenvalue weighted by Gasteiger charge is 2.26. The summed E-state index contributed by atoms with van der Waals surface area (Å²) in [5.41, 5.74) is 0. The van der Waals surface area contributed by atoms with Crippen LogP contribution >= 0.6 is 0 Å².